The van der Waals surface area contributed by atoms with Gasteiger partial charge < -0.3 is 5.32 Å². The molecule has 0 bridgehead atoms. The zero-order valence-corrected chi connectivity index (χ0v) is 11.5. The minimum Gasteiger partial charge on any atom is -0.307 e. The van der Waals surface area contributed by atoms with Gasteiger partial charge in [-0.05, 0) is 12.5 Å². The third-order valence-corrected chi connectivity index (χ3v) is 3.80. The molecule has 3 heteroatoms. The molecule has 0 unspecified atom stereocenters. The summed E-state index contributed by atoms with van der Waals surface area (Å²) in [5.74, 6) is 0. The van der Waals surface area contributed by atoms with Gasteiger partial charge in [-0.2, -0.15) is 5.10 Å². The lowest BCUT2D eigenvalue weighted by atomic mass is 10.0. The average molecular weight is 255 g/mol. The molecule has 1 aliphatic heterocycles. The quantitative estimate of drug-likeness (QED) is 0.907. The average Bonchev–Trinajstić information content (AvgIpc) is 2.90. The number of benzene rings is 1. The van der Waals surface area contributed by atoms with Gasteiger partial charge in [0.1, 0.15) is 0 Å². The third kappa shape index (κ3) is 2.56. The number of fused-ring (bicyclic) bond motifs is 1. The zero-order valence-electron chi connectivity index (χ0n) is 11.5. The molecule has 2 heterocycles. The highest BCUT2D eigenvalue weighted by Crippen LogP contribution is 2.27. The van der Waals surface area contributed by atoms with Crippen LogP contribution in [0, 0.1) is 0 Å². The van der Waals surface area contributed by atoms with Crippen molar-refractivity contribution in [3.8, 4) is 11.3 Å². The molecule has 1 aliphatic rings. The molecule has 0 spiro atoms. The standard InChI is InChI=1S/C16H21N3/c1-2-3-9-14-16-12-15(13-7-5-4-6-8-13)18-19(16)11-10-17-14/h4-8,12,14,17H,2-3,9-11H2,1H3/t14-/m0/s1. The molecule has 1 aromatic carbocycles. The summed E-state index contributed by atoms with van der Waals surface area (Å²) in [6, 6.07) is 13.2. The number of rotatable bonds is 4. The van der Waals surface area contributed by atoms with Gasteiger partial charge in [0.2, 0.25) is 0 Å². The Morgan fingerprint density at radius 3 is 2.95 bits per heavy atom. The van der Waals surface area contributed by atoms with Crippen molar-refractivity contribution in [2.75, 3.05) is 6.54 Å². The molecule has 100 valence electrons. The number of nitrogens with zero attached hydrogens (tertiary/aromatic N) is 2. The van der Waals surface area contributed by atoms with Crippen molar-refractivity contribution in [1.82, 2.24) is 15.1 Å². The molecule has 0 amide bonds. The molecule has 0 saturated heterocycles. The van der Waals surface area contributed by atoms with Gasteiger partial charge in [0.25, 0.3) is 0 Å². The van der Waals surface area contributed by atoms with Crippen molar-refractivity contribution in [2.45, 2.75) is 38.8 Å². The fraction of sp³-hybridized carbons (Fsp3) is 0.438. The van der Waals surface area contributed by atoms with Crippen LogP contribution in [0.15, 0.2) is 36.4 Å². The van der Waals surface area contributed by atoms with Crippen LogP contribution in [0.2, 0.25) is 0 Å². The Bertz CT molecular complexity index is 530. The Morgan fingerprint density at radius 2 is 2.16 bits per heavy atom. The van der Waals surface area contributed by atoms with Gasteiger partial charge in [-0.25, -0.2) is 0 Å². The minimum absolute atomic E-state index is 0.471. The van der Waals surface area contributed by atoms with E-state index in [1.165, 1.54) is 30.5 Å². The molecular formula is C16H21N3. The lowest BCUT2D eigenvalue weighted by molar-refractivity contribution is 0.377. The molecule has 0 fully saturated rings. The van der Waals surface area contributed by atoms with Crippen LogP contribution in [0.5, 0.6) is 0 Å². The van der Waals surface area contributed by atoms with Gasteiger partial charge in [-0.1, -0.05) is 50.1 Å². The van der Waals surface area contributed by atoms with E-state index >= 15 is 0 Å². The van der Waals surface area contributed by atoms with Crippen LogP contribution in [0.3, 0.4) is 0 Å². The summed E-state index contributed by atoms with van der Waals surface area (Å²) in [5, 5.41) is 8.37. The summed E-state index contributed by atoms with van der Waals surface area (Å²) in [5.41, 5.74) is 3.65. The molecule has 1 aromatic heterocycles. The largest absolute Gasteiger partial charge is 0.307 e. The van der Waals surface area contributed by atoms with E-state index in [9.17, 15) is 0 Å². The highest BCUT2D eigenvalue weighted by atomic mass is 15.3. The van der Waals surface area contributed by atoms with Gasteiger partial charge in [0.15, 0.2) is 0 Å². The summed E-state index contributed by atoms with van der Waals surface area (Å²) in [6.45, 7) is 4.25. The maximum Gasteiger partial charge on any atom is 0.0926 e. The number of unbranched alkanes of at least 4 members (excludes halogenated alkanes) is 1. The van der Waals surface area contributed by atoms with E-state index in [1.54, 1.807) is 0 Å². The highest BCUT2D eigenvalue weighted by molar-refractivity contribution is 5.59. The van der Waals surface area contributed by atoms with Crippen molar-refractivity contribution in [2.24, 2.45) is 0 Å². The van der Waals surface area contributed by atoms with Gasteiger partial charge in [-0.3, -0.25) is 4.68 Å². The van der Waals surface area contributed by atoms with Crippen LogP contribution in [0.4, 0.5) is 0 Å². The third-order valence-electron chi connectivity index (χ3n) is 3.80. The summed E-state index contributed by atoms with van der Waals surface area (Å²) in [4.78, 5) is 0. The van der Waals surface area contributed by atoms with Gasteiger partial charge in [-0.15, -0.1) is 0 Å². The fourth-order valence-corrected chi connectivity index (χ4v) is 2.75. The molecule has 2 aromatic rings. The Balaban J connectivity index is 1.89. The molecule has 19 heavy (non-hydrogen) atoms. The Kier molecular flexibility index (Phi) is 3.65. The van der Waals surface area contributed by atoms with Crippen molar-refractivity contribution in [3.05, 3.63) is 42.1 Å². The maximum atomic E-state index is 4.76. The van der Waals surface area contributed by atoms with E-state index < -0.39 is 0 Å². The lowest BCUT2D eigenvalue weighted by Gasteiger charge is -2.24. The van der Waals surface area contributed by atoms with Gasteiger partial charge in [0, 0.05) is 18.2 Å². The number of aromatic nitrogens is 2. The summed E-state index contributed by atoms with van der Waals surface area (Å²) < 4.78 is 2.18. The Morgan fingerprint density at radius 1 is 1.32 bits per heavy atom. The summed E-state index contributed by atoms with van der Waals surface area (Å²) >= 11 is 0. The Hall–Kier alpha value is -1.61. The highest BCUT2D eigenvalue weighted by Gasteiger charge is 2.21. The maximum absolute atomic E-state index is 4.76. The number of hydrogen-bond donors (Lipinski definition) is 1. The van der Waals surface area contributed by atoms with Crippen molar-refractivity contribution in [3.63, 3.8) is 0 Å². The second kappa shape index (κ2) is 5.57. The van der Waals surface area contributed by atoms with Gasteiger partial charge >= 0.3 is 0 Å². The predicted octanol–water partition coefficient (Wildman–Crippen LogP) is 3.38. The van der Waals surface area contributed by atoms with Crippen LogP contribution < -0.4 is 5.32 Å². The van der Waals surface area contributed by atoms with Crippen molar-refractivity contribution >= 4 is 0 Å². The van der Waals surface area contributed by atoms with Crippen molar-refractivity contribution in [1.29, 1.82) is 0 Å². The van der Waals surface area contributed by atoms with Crippen LogP contribution in [-0.2, 0) is 6.54 Å². The van der Waals surface area contributed by atoms with Gasteiger partial charge in [0.05, 0.1) is 17.9 Å². The van der Waals surface area contributed by atoms with E-state index in [0.29, 0.717) is 6.04 Å². The van der Waals surface area contributed by atoms with Crippen LogP contribution >= 0.6 is 0 Å². The molecular weight excluding hydrogens is 234 g/mol. The van der Waals surface area contributed by atoms with E-state index in [2.05, 4.69) is 47.3 Å². The van der Waals surface area contributed by atoms with E-state index in [4.69, 9.17) is 5.10 Å². The van der Waals surface area contributed by atoms with E-state index in [1.807, 2.05) is 6.07 Å². The zero-order chi connectivity index (χ0) is 13.1. The molecule has 0 aliphatic carbocycles. The Labute approximate surface area is 114 Å². The fourth-order valence-electron chi connectivity index (χ4n) is 2.75. The van der Waals surface area contributed by atoms with E-state index in [0.717, 1.165) is 18.8 Å². The summed E-state index contributed by atoms with van der Waals surface area (Å²) in [6.07, 6.45) is 3.72. The first kappa shape index (κ1) is 12.4. The van der Waals surface area contributed by atoms with E-state index in [-0.39, 0.29) is 0 Å². The first-order valence-electron chi connectivity index (χ1n) is 7.25. The molecule has 0 saturated carbocycles. The molecule has 3 rings (SSSR count). The molecule has 0 radical (unpaired) electrons. The van der Waals surface area contributed by atoms with Crippen LogP contribution in [0.25, 0.3) is 11.3 Å². The number of nitrogens with one attached hydrogen (secondary N) is 1. The minimum atomic E-state index is 0.471. The second-order valence-electron chi connectivity index (χ2n) is 5.19. The van der Waals surface area contributed by atoms with Crippen molar-refractivity contribution < 1.29 is 0 Å². The normalized spacial score (nSPS) is 18.3. The smallest absolute Gasteiger partial charge is 0.0926 e. The second-order valence-corrected chi connectivity index (χ2v) is 5.19. The van der Waals surface area contributed by atoms with Crippen LogP contribution in [0.1, 0.15) is 37.9 Å². The lowest BCUT2D eigenvalue weighted by Crippen LogP contribution is -2.33. The monoisotopic (exact) mass is 255 g/mol. The first-order valence-corrected chi connectivity index (χ1v) is 7.25. The molecule has 3 nitrogen and oxygen atoms in total. The molecule has 1 atom stereocenters. The molecule has 1 N–H and O–H groups in total. The predicted molar refractivity (Wildman–Crippen MR) is 77.9 cm³/mol. The van der Waals surface area contributed by atoms with Crippen LogP contribution in [-0.4, -0.2) is 16.3 Å². The topological polar surface area (TPSA) is 29.9 Å². The summed E-state index contributed by atoms with van der Waals surface area (Å²) in [7, 11) is 0. The first-order chi connectivity index (χ1) is 9.38. The SMILES string of the molecule is CCCC[C@@H]1NCCn2nc(-c3ccccc3)cc21. The number of hydrogen-bond acceptors (Lipinski definition) is 2.